The molecule has 0 saturated heterocycles. The van der Waals surface area contributed by atoms with Crippen molar-refractivity contribution < 1.29 is 4.79 Å². The minimum absolute atomic E-state index is 0.0408. The van der Waals surface area contributed by atoms with Gasteiger partial charge in [-0.2, -0.15) is 0 Å². The van der Waals surface area contributed by atoms with E-state index in [1.807, 2.05) is 0 Å². The van der Waals surface area contributed by atoms with Gasteiger partial charge in [0.2, 0.25) is 5.91 Å². The molecule has 1 aromatic carbocycles. The molecule has 1 aromatic rings. The number of fused-ring (bicyclic) bond motifs is 1. The van der Waals surface area contributed by atoms with Gasteiger partial charge < -0.3 is 4.90 Å². The third-order valence-electron chi connectivity index (χ3n) is 6.32. The highest BCUT2D eigenvalue weighted by atomic mass is 16.2. The maximum Gasteiger partial charge on any atom is 0.234 e. The van der Waals surface area contributed by atoms with Crippen molar-refractivity contribution in [1.29, 1.82) is 0 Å². The zero-order valence-electron chi connectivity index (χ0n) is 14.1. The van der Waals surface area contributed by atoms with Crippen LogP contribution in [0, 0.1) is 6.92 Å². The molecule has 2 unspecified atom stereocenters. The van der Waals surface area contributed by atoms with Crippen LogP contribution in [0.2, 0.25) is 0 Å². The van der Waals surface area contributed by atoms with Crippen molar-refractivity contribution in [3.05, 3.63) is 28.8 Å². The van der Waals surface area contributed by atoms with E-state index in [9.17, 15) is 4.79 Å². The number of carbonyl (C=O) groups excluding carboxylic acids is 1. The van der Waals surface area contributed by atoms with Crippen LogP contribution in [0.4, 0.5) is 5.69 Å². The van der Waals surface area contributed by atoms with Gasteiger partial charge in [0.25, 0.3) is 0 Å². The second kappa shape index (κ2) is 4.84. The van der Waals surface area contributed by atoms with E-state index in [0.29, 0.717) is 11.8 Å². The Bertz CT molecular complexity index is 625. The molecule has 0 aromatic heterocycles. The van der Waals surface area contributed by atoms with E-state index >= 15 is 0 Å². The predicted molar refractivity (Wildman–Crippen MR) is 90.5 cm³/mol. The average Bonchev–Trinajstić information content (AvgIpc) is 2.67. The molecule has 118 valence electrons. The van der Waals surface area contributed by atoms with Crippen LogP contribution in [0.5, 0.6) is 0 Å². The lowest BCUT2D eigenvalue weighted by molar-refractivity contribution is -0.120. The van der Waals surface area contributed by atoms with Gasteiger partial charge in [0.05, 0.1) is 11.6 Å². The van der Waals surface area contributed by atoms with Crippen LogP contribution in [0.1, 0.15) is 87.3 Å². The van der Waals surface area contributed by atoms with Crippen molar-refractivity contribution in [2.24, 2.45) is 0 Å². The van der Waals surface area contributed by atoms with Gasteiger partial charge in [-0.3, -0.25) is 4.79 Å². The second-order valence-corrected chi connectivity index (χ2v) is 7.93. The lowest BCUT2D eigenvalue weighted by Crippen LogP contribution is -2.54. The molecular formula is C20H27NO. The molecule has 0 bridgehead atoms. The van der Waals surface area contributed by atoms with Gasteiger partial charge in [-0.25, -0.2) is 0 Å². The molecule has 22 heavy (non-hydrogen) atoms. The largest absolute Gasteiger partial charge is 0.305 e. The fraction of sp³-hybridized carbons (Fsp3) is 0.650. The number of amides is 1. The SMILES string of the molecule is Cc1cc2c3c(c1)C(C)C(=O)N3C1(CCCCCC1)CC2C. The van der Waals surface area contributed by atoms with Crippen molar-refractivity contribution in [3.63, 3.8) is 0 Å². The Labute approximate surface area is 133 Å². The third-order valence-corrected chi connectivity index (χ3v) is 6.32. The van der Waals surface area contributed by atoms with Crippen LogP contribution in [0.15, 0.2) is 12.1 Å². The Kier molecular flexibility index (Phi) is 3.15. The van der Waals surface area contributed by atoms with E-state index in [0.717, 1.165) is 6.42 Å². The summed E-state index contributed by atoms with van der Waals surface area (Å²) in [5.74, 6) is 0.968. The average molecular weight is 297 g/mol. The molecule has 0 N–H and O–H groups in total. The zero-order chi connectivity index (χ0) is 15.5. The van der Waals surface area contributed by atoms with Gasteiger partial charge >= 0.3 is 0 Å². The molecule has 0 radical (unpaired) electrons. The highest BCUT2D eigenvalue weighted by Crippen LogP contribution is 2.55. The van der Waals surface area contributed by atoms with Gasteiger partial charge in [-0.05, 0) is 50.2 Å². The number of hydrogen-bond donors (Lipinski definition) is 0. The Morgan fingerprint density at radius 1 is 1.05 bits per heavy atom. The lowest BCUT2D eigenvalue weighted by Gasteiger charge is -2.48. The molecule has 1 spiro atoms. The first-order chi connectivity index (χ1) is 10.5. The molecule has 2 heteroatoms. The molecule has 2 atom stereocenters. The van der Waals surface area contributed by atoms with Gasteiger partial charge in [0.15, 0.2) is 0 Å². The number of rotatable bonds is 0. The Morgan fingerprint density at radius 3 is 2.36 bits per heavy atom. The maximum atomic E-state index is 13.1. The standard InChI is InChI=1S/C20H27NO/c1-13-10-16-14(2)12-20(8-6-4-5-7-9-20)21-18(16)17(11-13)15(3)19(21)22/h10-11,14-15H,4-9,12H2,1-3H3. The number of anilines is 1. The van der Waals surface area contributed by atoms with Crippen molar-refractivity contribution in [2.75, 3.05) is 4.90 Å². The van der Waals surface area contributed by atoms with Crippen molar-refractivity contribution in [1.82, 2.24) is 0 Å². The van der Waals surface area contributed by atoms with Crippen LogP contribution in [-0.2, 0) is 4.79 Å². The zero-order valence-corrected chi connectivity index (χ0v) is 14.1. The summed E-state index contributed by atoms with van der Waals surface area (Å²) < 4.78 is 0. The molecule has 2 aliphatic heterocycles. The van der Waals surface area contributed by atoms with E-state index in [2.05, 4.69) is 37.8 Å². The molecule has 1 fully saturated rings. The third kappa shape index (κ3) is 1.82. The monoisotopic (exact) mass is 297 g/mol. The van der Waals surface area contributed by atoms with Crippen molar-refractivity contribution in [3.8, 4) is 0 Å². The summed E-state index contributed by atoms with van der Waals surface area (Å²) in [6.07, 6.45) is 8.78. The van der Waals surface area contributed by atoms with Crippen LogP contribution in [0.25, 0.3) is 0 Å². The summed E-state index contributed by atoms with van der Waals surface area (Å²) in [5, 5.41) is 0. The van der Waals surface area contributed by atoms with Crippen molar-refractivity contribution in [2.45, 2.75) is 83.1 Å². The second-order valence-electron chi connectivity index (χ2n) is 7.93. The minimum atomic E-state index is 0.0408. The van der Waals surface area contributed by atoms with Crippen LogP contribution >= 0.6 is 0 Å². The summed E-state index contributed by atoms with van der Waals surface area (Å²) in [6.45, 7) is 6.64. The summed E-state index contributed by atoms with van der Waals surface area (Å²) in [6, 6.07) is 4.58. The number of nitrogens with zero attached hydrogens (tertiary/aromatic N) is 1. The molecule has 1 aliphatic carbocycles. The molecule has 1 saturated carbocycles. The first kappa shape index (κ1) is 14.3. The first-order valence-electron chi connectivity index (χ1n) is 9.02. The highest BCUT2D eigenvalue weighted by molar-refractivity contribution is 6.07. The number of aryl methyl sites for hydroxylation is 1. The maximum absolute atomic E-state index is 13.1. The number of benzene rings is 1. The Morgan fingerprint density at radius 2 is 1.68 bits per heavy atom. The van der Waals surface area contributed by atoms with Crippen LogP contribution < -0.4 is 4.90 Å². The fourth-order valence-electron chi connectivity index (χ4n) is 5.29. The minimum Gasteiger partial charge on any atom is -0.305 e. The van der Waals surface area contributed by atoms with Crippen molar-refractivity contribution >= 4 is 11.6 Å². The topological polar surface area (TPSA) is 20.3 Å². The molecule has 2 heterocycles. The van der Waals surface area contributed by atoms with Gasteiger partial charge in [0, 0.05) is 5.54 Å². The van der Waals surface area contributed by atoms with Crippen LogP contribution in [-0.4, -0.2) is 11.4 Å². The molecule has 3 aliphatic rings. The quantitative estimate of drug-likeness (QED) is 0.656. The number of carbonyl (C=O) groups is 1. The van der Waals surface area contributed by atoms with E-state index in [4.69, 9.17) is 0 Å². The summed E-state index contributed by atoms with van der Waals surface area (Å²) >= 11 is 0. The summed E-state index contributed by atoms with van der Waals surface area (Å²) in [7, 11) is 0. The summed E-state index contributed by atoms with van der Waals surface area (Å²) in [4.78, 5) is 15.4. The van der Waals surface area contributed by atoms with Crippen LogP contribution in [0.3, 0.4) is 0 Å². The van der Waals surface area contributed by atoms with E-state index in [1.54, 1.807) is 0 Å². The molecular weight excluding hydrogens is 270 g/mol. The van der Waals surface area contributed by atoms with Gasteiger partial charge in [-0.1, -0.05) is 50.3 Å². The highest BCUT2D eigenvalue weighted by Gasteiger charge is 2.51. The van der Waals surface area contributed by atoms with E-state index < -0.39 is 0 Å². The lowest BCUT2D eigenvalue weighted by atomic mass is 9.74. The molecule has 2 nitrogen and oxygen atoms in total. The Balaban J connectivity index is 1.92. The predicted octanol–water partition coefficient (Wildman–Crippen LogP) is 5.05. The van der Waals surface area contributed by atoms with E-state index in [-0.39, 0.29) is 11.5 Å². The van der Waals surface area contributed by atoms with E-state index in [1.165, 1.54) is 60.9 Å². The normalized spacial score (nSPS) is 29.6. The Hall–Kier alpha value is -1.31. The summed E-state index contributed by atoms with van der Waals surface area (Å²) in [5.41, 5.74) is 5.41. The fourth-order valence-corrected chi connectivity index (χ4v) is 5.29. The van der Waals surface area contributed by atoms with Gasteiger partial charge in [0.1, 0.15) is 0 Å². The number of hydrogen-bond acceptors (Lipinski definition) is 1. The molecule has 4 rings (SSSR count). The van der Waals surface area contributed by atoms with Gasteiger partial charge in [-0.15, -0.1) is 0 Å². The first-order valence-corrected chi connectivity index (χ1v) is 9.02. The smallest absolute Gasteiger partial charge is 0.234 e. The molecule has 1 amide bonds.